The number of ketones is 1. The molecule has 0 unspecified atom stereocenters. The molecular formula is C24H18N2O4. The van der Waals surface area contributed by atoms with Crippen molar-refractivity contribution in [3.8, 4) is 22.5 Å². The van der Waals surface area contributed by atoms with Crippen LogP contribution < -0.4 is 0 Å². The Morgan fingerprint density at radius 2 is 1.60 bits per heavy atom. The van der Waals surface area contributed by atoms with Gasteiger partial charge in [0, 0.05) is 18.2 Å². The number of aryl methyl sites for hydroxylation is 1. The first kappa shape index (κ1) is 19.3. The van der Waals surface area contributed by atoms with Gasteiger partial charge in [-0.25, -0.2) is 14.8 Å². The van der Waals surface area contributed by atoms with Crippen LogP contribution in [0.2, 0.25) is 0 Å². The highest BCUT2D eigenvalue weighted by atomic mass is 16.4. The van der Waals surface area contributed by atoms with E-state index in [1.165, 1.54) is 18.5 Å². The fourth-order valence-corrected chi connectivity index (χ4v) is 3.10. The van der Waals surface area contributed by atoms with Crippen molar-refractivity contribution >= 4 is 11.8 Å². The van der Waals surface area contributed by atoms with Crippen molar-refractivity contribution in [2.24, 2.45) is 0 Å². The summed E-state index contributed by atoms with van der Waals surface area (Å²) >= 11 is 0. The number of aromatic carboxylic acids is 1. The van der Waals surface area contributed by atoms with Gasteiger partial charge in [-0.15, -0.1) is 0 Å². The molecule has 0 radical (unpaired) electrons. The van der Waals surface area contributed by atoms with Gasteiger partial charge in [-0.05, 0) is 35.2 Å². The molecule has 0 aliphatic carbocycles. The van der Waals surface area contributed by atoms with Crippen molar-refractivity contribution in [2.45, 2.75) is 12.8 Å². The van der Waals surface area contributed by atoms with Crippen LogP contribution in [0.15, 0.2) is 83.5 Å². The number of carbonyl (C=O) groups is 2. The van der Waals surface area contributed by atoms with Gasteiger partial charge in [-0.2, -0.15) is 0 Å². The van der Waals surface area contributed by atoms with Crippen molar-refractivity contribution in [3.63, 3.8) is 0 Å². The molecule has 4 aromatic rings. The minimum absolute atomic E-state index is 0.0135. The van der Waals surface area contributed by atoms with E-state index in [4.69, 9.17) is 9.52 Å². The molecule has 2 aromatic carbocycles. The molecule has 2 aromatic heterocycles. The number of oxazole rings is 1. The number of carbonyl (C=O) groups excluding carboxylic acids is 1. The molecule has 1 N–H and O–H groups in total. The molecule has 0 aliphatic heterocycles. The molecule has 30 heavy (non-hydrogen) atoms. The Kier molecular flexibility index (Phi) is 5.48. The lowest BCUT2D eigenvalue weighted by molar-refractivity contribution is 0.0690. The molecule has 6 nitrogen and oxygen atoms in total. The molecule has 0 saturated heterocycles. The number of rotatable bonds is 7. The molecule has 148 valence electrons. The maximum absolute atomic E-state index is 12.5. The highest BCUT2D eigenvalue weighted by molar-refractivity contribution is 5.92. The first-order chi connectivity index (χ1) is 14.6. The second kappa shape index (κ2) is 8.53. The van der Waals surface area contributed by atoms with Crippen molar-refractivity contribution in [1.82, 2.24) is 9.97 Å². The molecule has 0 amide bonds. The first-order valence-electron chi connectivity index (χ1n) is 9.43. The van der Waals surface area contributed by atoms with Crippen molar-refractivity contribution in [1.29, 1.82) is 0 Å². The molecule has 0 fully saturated rings. The zero-order valence-electron chi connectivity index (χ0n) is 16.0. The summed E-state index contributed by atoms with van der Waals surface area (Å²) in [5, 5.41) is 9.05. The van der Waals surface area contributed by atoms with Crippen LogP contribution in [0.25, 0.3) is 22.5 Å². The van der Waals surface area contributed by atoms with Crippen LogP contribution in [0.4, 0.5) is 0 Å². The number of hydrogen-bond donors (Lipinski definition) is 1. The molecule has 0 bridgehead atoms. The Balaban J connectivity index is 1.40. The number of carboxylic acids is 1. The van der Waals surface area contributed by atoms with Gasteiger partial charge in [0.1, 0.15) is 5.69 Å². The van der Waals surface area contributed by atoms with E-state index in [1.54, 1.807) is 6.07 Å². The van der Waals surface area contributed by atoms with E-state index in [0.29, 0.717) is 17.7 Å². The van der Waals surface area contributed by atoms with Gasteiger partial charge in [0.05, 0.1) is 6.20 Å². The van der Waals surface area contributed by atoms with Crippen LogP contribution in [0.5, 0.6) is 0 Å². The topological polar surface area (TPSA) is 93.3 Å². The lowest BCUT2D eigenvalue weighted by atomic mass is 10.0. The monoisotopic (exact) mass is 398 g/mol. The van der Waals surface area contributed by atoms with Crippen molar-refractivity contribution in [2.75, 3.05) is 0 Å². The summed E-state index contributed by atoms with van der Waals surface area (Å²) < 4.78 is 5.55. The number of pyridine rings is 1. The second-order valence-corrected chi connectivity index (χ2v) is 6.75. The number of benzene rings is 2. The van der Waals surface area contributed by atoms with Gasteiger partial charge in [0.2, 0.25) is 5.78 Å². The highest BCUT2D eigenvalue weighted by Gasteiger charge is 2.15. The predicted octanol–water partition coefficient (Wildman–Crippen LogP) is 4.92. The molecule has 4 rings (SSSR count). The van der Waals surface area contributed by atoms with E-state index in [2.05, 4.69) is 22.1 Å². The molecule has 0 aliphatic rings. The van der Waals surface area contributed by atoms with Crippen LogP contribution >= 0.6 is 0 Å². The quantitative estimate of drug-likeness (QED) is 0.444. The van der Waals surface area contributed by atoms with E-state index >= 15 is 0 Å². The van der Waals surface area contributed by atoms with E-state index in [0.717, 1.165) is 16.7 Å². The Morgan fingerprint density at radius 3 is 2.33 bits per heavy atom. The molecule has 0 saturated carbocycles. The zero-order valence-corrected chi connectivity index (χ0v) is 16.0. The van der Waals surface area contributed by atoms with E-state index in [1.807, 2.05) is 42.5 Å². The number of hydrogen-bond acceptors (Lipinski definition) is 5. The normalized spacial score (nSPS) is 10.7. The van der Waals surface area contributed by atoms with Crippen LogP contribution in [-0.4, -0.2) is 26.8 Å². The number of nitrogens with zero attached hydrogens (tertiary/aromatic N) is 2. The molecule has 2 heterocycles. The van der Waals surface area contributed by atoms with Crippen molar-refractivity contribution < 1.29 is 19.1 Å². The standard InChI is InChI=1S/C24H18N2O4/c27-21(11-8-16-6-9-18(10-7-16)17-4-2-1-3-5-17)23-26-15-22(30-23)19-12-13-25-20(14-19)24(28)29/h1-7,9-10,12-15H,8,11H2,(H,28,29). The van der Waals surface area contributed by atoms with E-state index in [9.17, 15) is 9.59 Å². The summed E-state index contributed by atoms with van der Waals surface area (Å²) in [6.07, 6.45) is 3.64. The largest absolute Gasteiger partial charge is 0.477 e. The molecule has 6 heteroatoms. The third kappa shape index (κ3) is 4.33. The van der Waals surface area contributed by atoms with Crippen LogP contribution in [-0.2, 0) is 6.42 Å². The summed E-state index contributed by atoms with van der Waals surface area (Å²) in [7, 11) is 0. The Labute approximate surface area is 172 Å². The second-order valence-electron chi connectivity index (χ2n) is 6.75. The summed E-state index contributed by atoms with van der Waals surface area (Å²) in [6.45, 7) is 0. The summed E-state index contributed by atoms with van der Waals surface area (Å²) in [5.74, 6) is -0.998. The third-order valence-corrected chi connectivity index (χ3v) is 4.71. The lowest BCUT2D eigenvalue weighted by Gasteiger charge is -2.04. The summed E-state index contributed by atoms with van der Waals surface area (Å²) in [5.41, 5.74) is 3.73. The maximum Gasteiger partial charge on any atom is 0.354 e. The van der Waals surface area contributed by atoms with Gasteiger partial charge in [-0.1, -0.05) is 54.6 Å². The van der Waals surface area contributed by atoms with Gasteiger partial charge in [0.15, 0.2) is 5.76 Å². The van der Waals surface area contributed by atoms with Gasteiger partial charge in [-0.3, -0.25) is 4.79 Å². The Hall–Kier alpha value is -4.06. The number of Topliss-reactive ketones (excluding diaryl/α,β-unsaturated/α-hetero) is 1. The summed E-state index contributed by atoms with van der Waals surface area (Å²) in [4.78, 5) is 31.3. The van der Waals surface area contributed by atoms with Gasteiger partial charge in [0.25, 0.3) is 5.89 Å². The Morgan fingerprint density at radius 1 is 0.867 bits per heavy atom. The number of carboxylic acid groups (broad SMARTS) is 1. The molecule has 0 atom stereocenters. The fraction of sp³-hybridized carbons (Fsp3) is 0.0833. The minimum Gasteiger partial charge on any atom is -0.477 e. The third-order valence-electron chi connectivity index (χ3n) is 4.71. The van der Waals surface area contributed by atoms with Crippen LogP contribution in [0.3, 0.4) is 0 Å². The van der Waals surface area contributed by atoms with E-state index < -0.39 is 5.97 Å². The average molecular weight is 398 g/mol. The van der Waals surface area contributed by atoms with Crippen molar-refractivity contribution in [3.05, 3.63) is 96.3 Å². The van der Waals surface area contributed by atoms with Gasteiger partial charge >= 0.3 is 5.97 Å². The van der Waals surface area contributed by atoms with E-state index in [-0.39, 0.29) is 23.8 Å². The summed E-state index contributed by atoms with van der Waals surface area (Å²) in [6, 6.07) is 21.2. The maximum atomic E-state index is 12.5. The predicted molar refractivity (Wildman–Crippen MR) is 111 cm³/mol. The SMILES string of the molecule is O=C(O)c1cc(-c2cnc(C(=O)CCc3ccc(-c4ccccc4)cc3)o2)ccn1. The smallest absolute Gasteiger partial charge is 0.354 e. The fourth-order valence-electron chi connectivity index (χ4n) is 3.10. The van der Waals surface area contributed by atoms with Crippen LogP contribution in [0, 0.1) is 0 Å². The number of aromatic nitrogens is 2. The Bertz CT molecular complexity index is 1180. The lowest BCUT2D eigenvalue weighted by Crippen LogP contribution is -2.01. The van der Waals surface area contributed by atoms with Crippen LogP contribution in [0.1, 0.15) is 33.2 Å². The molecular weight excluding hydrogens is 380 g/mol. The highest BCUT2D eigenvalue weighted by Crippen LogP contribution is 2.22. The molecule has 0 spiro atoms. The first-order valence-corrected chi connectivity index (χ1v) is 9.43. The zero-order chi connectivity index (χ0) is 20.9. The average Bonchev–Trinajstić information content (AvgIpc) is 3.29. The van der Waals surface area contributed by atoms with Gasteiger partial charge < -0.3 is 9.52 Å². The minimum atomic E-state index is -1.13.